The van der Waals surface area contributed by atoms with Gasteiger partial charge in [0.25, 0.3) is 11.6 Å². The van der Waals surface area contributed by atoms with E-state index in [-0.39, 0.29) is 16.6 Å². The van der Waals surface area contributed by atoms with Gasteiger partial charge in [-0.15, -0.1) is 0 Å². The first kappa shape index (κ1) is 20.3. The van der Waals surface area contributed by atoms with E-state index in [2.05, 4.69) is 10.6 Å². The summed E-state index contributed by atoms with van der Waals surface area (Å²) in [6.07, 6.45) is 0. The Hall–Kier alpha value is -3.43. The number of anilines is 1. The van der Waals surface area contributed by atoms with Crippen LogP contribution in [0.25, 0.3) is 11.3 Å². The van der Waals surface area contributed by atoms with Gasteiger partial charge in [0, 0.05) is 22.7 Å². The number of carbonyl (C=O) groups is 1. The molecule has 0 bridgehead atoms. The van der Waals surface area contributed by atoms with Crippen molar-refractivity contribution >= 4 is 46.2 Å². The first-order valence-corrected chi connectivity index (χ1v) is 8.96. The number of non-ortho nitro benzene ring substituents is 1. The van der Waals surface area contributed by atoms with Crippen molar-refractivity contribution in [3.63, 3.8) is 0 Å². The molecule has 1 heterocycles. The molecule has 1 amide bonds. The SMILES string of the molecule is COc1ccc(Cl)cc1NC(=S)NC(=O)c1ccc(-c2cccc([N+](=O)[O-])c2)o1. The van der Waals surface area contributed by atoms with Gasteiger partial charge in [-0.1, -0.05) is 23.7 Å². The number of methoxy groups -OCH3 is 1. The molecule has 3 rings (SSSR count). The van der Waals surface area contributed by atoms with Crippen molar-refractivity contribution in [3.8, 4) is 17.1 Å². The van der Waals surface area contributed by atoms with Crippen molar-refractivity contribution in [2.45, 2.75) is 0 Å². The molecule has 2 N–H and O–H groups in total. The predicted octanol–water partition coefficient (Wildman–Crippen LogP) is 4.64. The third-order valence-electron chi connectivity index (χ3n) is 3.81. The van der Waals surface area contributed by atoms with Crippen LogP contribution in [0.3, 0.4) is 0 Å². The number of nitro groups is 1. The number of ether oxygens (including phenoxy) is 1. The first-order valence-electron chi connectivity index (χ1n) is 8.18. The van der Waals surface area contributed by atoms with Crippen LogP contribution >= 0.6 is 23.8 Å². The minimum Gasteiger partial charge on any atom is -0.495 e. The van der Waals surface area contributed by atoms with Crippen LogP contribution in [0, 0.1) is 10.1 Å². The maximum atomic E-state index is 12.4. The fourth-order valence-corrected chi connectivity index (χ4v) is 2.86. The summed E-state index contributed by atoms with van der Waals surface area (Å²) < 4.78 is 10.7. The minimum atomic E-state index is -0.583. The number of hydrogen-bond acceptors (Lipinski definition) is 6. The summed E-state index contributed by atoms with van der Waals surface area (Å²) in [5.74, 6) is 0.222. The average molecular weight is 432 g/mol. The van der Waals surface area contributed by atoms with Crippen LogP contribution in [-0.4, -0.2) is 23.1 Å². The lowest BCUT2D eigenvalue weighted by Crippen LogP contribution is -2.34. The van der Waals surface area contributed by atoms with Crippen LogP contribution in [0.5, 0.6) is 5.75 Å². The zero-order valence-corrected chi connectivity index (χ0v) is 16.5. The van der Waals surface area contributed by atoms with E-state index in [9.17, 15) is 14.9 Å². The van der Waals surface area contributed by atoms with Crippen molar-refractivity contribution in [2.24, 2.45) is 0 Å². The number of rotatable bonds is 5. The molecule has 0 radical (unpaired) electrons. The van der Waals surface area contributed by atoms with E-state index in [4.69, 9.17) is 33.0 Å². The summed E-state index contributed by atoms with van der Waals surface area (Å²) >= 11 is 11.1. The minimum absolute atomic E-state index is 0.00582. The Morgan fingerprint density at radius 2 is 2.00 bits per heavy atom. The largest absolute Gasteiger partial charge is 0.495 e. The fourth-order valence-electron chi connectivity index (χ4n) is 2.48. The second kappa shape index (κ2) is 8.72. The molecule has 0 aliphatic heterocycles. The Morgan fingerprint density at radius 3 is 2.72 bits per heavy atom. The van der Waals surface area contributed by atoms with Crippen molar-refractivity contribution in [3.05, 3.63) is 75.5 Å². The van der Waals surface area contributed by atoms with Gasteiger partial charge in [-0.25, -0.2) is 0 Å². The lowest BCUT2D eigenvalue weighted by Gasteiger charge is -2.12. The number of furan rings is 1. The number of thiocarbonyl (C=S) groups is 1. The summed E-state index contributed by atoms with van der Waals surface area (Å²) in [4.78, 5) is 22.8. The third kappa shape index (κ3) is 4.89. The molecule has 29 heavy (non-hydrogen) atoms. The Kier molecular flexibility index (Phi) is 6.10. The van der Waals surface area contributed by atoms with Gasteiger partial charge < -0.3 is 14.5 Å². The maximum absolute atomic E-state index is 12.4. The van der Waals surface area contributed by atoms with Crippen LogP contribution in [0.2, 0.25) is 5.02 Å². The highest BCUT2D eigenvalue weighted by Gasteiger charge is 2.16. The van der Waals surface area contributed by atoms with Crippen LogP contribution in [0.1, 0.15) is 10.6 Å². The van der Waals surface area contributed by atoms with Crippen LogP contribution in [0.15, 0.2) is 59.0 Å². The summed E-state index contributed by atoms with van der Waals surface area (Å²) in [5.41, 5.74) is 0.885. The molecule has 1 aromatic heterocycles. The van der Waals surface area contributed by atoms with Crippen LogP contribution < -0.4 is 15.4 Å². The molecule has 0 aliphatic rings. The van der Waals surface area contributed by atoms with Gasteiger partial charge in [-0.2, -0.15) is 0 Å². The zero-order valence-electron chi connectivity index (χ0n) is 15.0. The summed E-state index contributed by atoms with van der Waals surface area (Å²) in [6.45, 7) is 0. The van der Waals surface area contributed by atoms with Gasteiger partial charge in [0.05, 0.1) is 17.7 Å². The number of hydrogen-bond donors (Lipinski definition) is 2. The molecular formula is C19H14ClN3O5S. The van der Waals surface area contributed by atoms with E-state index < -0.39 is 10.8 Å². The Bertz CT molecular complexity index is 1100. The van der Waals surface area contributed by atoms with Gasteiger partial charge >= 0.3 is 0 Å². The second-order valence-electron chi connectivity index (χ2n) is 5.72. The van der Waals surface area contributed by atoms with Crippen molar-refractivity contribution in [1.82, 2.24) is 5.32 Å². The van der Waals surface area contributed by atoms with E-state index in [0.717, 1.165) is 0 Å². The van der Waals surface area contributed by atoms with Gasteiger partial charge in [-0.3, -0.25) is 20.2 Å². The highest BCUT2D eigenvalue weighted by molar-refractivity contribution is 7.80. The van der Waals surface area contributed by atoms with Gasteiger partial charge in [0.15, 0.2) is 10.9 Å². The molecule has 148 valence electrons. The number of nitrogens with zero attached hydrogens (tertiary/aromatic N) is 1. The normalized spacial score (nSPS) is 10.3. The van der Waals surface area contributed by atoms with Crippen molar-refractivity contribution in [2.75, 3.05) is 12.4 Å². The molecule has 8 nitrogen and oxygen atoms in total. The molecular weight excluding hydrogens is 418 g/mol. The lowest BCUT2D eigenvalue weighted by molar-refractivity contribution is -0.384. The number of amides is 1. The average Bonchev–Trinajstić information content (AvgIpc) is 3.18. The fraction of sp³-hybridized carbons (Fsp3) is 0.0526. The second-order valence-corrected chi connectivity index (χ2v) is 6.57. The lowest BCUT2D eigenvalue weighted by atomic mass is 10.1. The van der Waals surface area contributed by atoms with Crippen molar-refractivity contribution < 1.29 is 18.9 Å². The molecule has 3 aromatic rings. The van der Waals surface area contributed by atoms with E-state index in [0.29, 0.717) is 27.8 Å². The molecule has 0 fully saturated rings. The molecule has 0 saturated heterocycles. The predicted molar refractivity (Wildman–Crippen MR) is 112 cm³/mol. The number of carbonyl (C=O) groups excluding carboxylic acids is 1. The van der Waals surface area contributed by atoms with Gasteiger partial charge in [-0.05, 0) is 42.5 Å². The van der Waals surface area contributed by atoms with Crippen molar-refractivity contribution in [1.29, 1.82) is 0 Å². The van der Waals surface area contributed by atoms with Gasteiger partial charge in [0.1, 0.15) is 11.5 Å². The highest BCUT2D eigenvalue weighted by Crippen LogP contribution is 2.28. The molecule has 0 atom stereocenters. The number of benzene rings is 2. The smallest absolute Gasteiger partial charge is 0.293 e. The summed E-state index contributed by atoms with van der Waals surface area (Å²) in [6, 6.07) is 13.8. The van der Waals surface area contributed by atoms with Gasteiger partial charge in [0.2, 0.25) is 0 Å². The Morgan fingerprint density at radius 1 is 1.21 bits per heavy atom. The number of nitrogens with one attached hydrogen (secondary N) is 2. The number of halogens is 1. The molecule has 0 unspecified atom stereocenters. The van der Waals surface area contributed by atoms with Crippen LogP contribution in [-0.2, 0) is 0 Å². The maximum Gasteiger partial charge on any atom is 0.293 e. The highest BCUT2D eigenvalue weighted by atomic mass is 35.5. The van der Waals surface area contributed by atoms with E-state index >= 15 is 0 Å². The zero-order chi connectivity index (χ0) is 21.0. The van der Waals surface area contributed by atoms with E-state index in [1.807, 2.05) is 0 Å². The van der Waals surface area contributed by atoms with E-state index in [1.165, 1.54) is 31.4 Å². The standard InChI is InChI=1S/C19H14ClN3O5S/c1-27-16-6-5-12(20)10-14(16)21-19(29)22-18(24)17-8-7-15(28-17)11-3-2-4-13(9-11)23(25)26/h2-10H,1H3,(H2,21,22,24,29). The Labute approximate surface area is 175 Å². The van der Waals surface area contributed by atoms with E-state index in [1.54, 1.807) is 30.3 Å². The third-order valence-corrected chi connectivity index (χ3v) is 4.25. The molecule has 0 saturated carbocycles. The molecule has 0 aliphatic carbocycles. The number of nitro benzene ring substituents is 1. The monoisotopic (exact) mass is 431 g/mol. The summed E-state index contributed by atoms with van der Waals surface area (Å²) in [7, 11) is 1.49. The molecule has 0 spiro atoms. The first-order chi connectivity index (χ1) is 13.9. The summed E-state index contributed by atoms with van der Waals surface area (Å²) in [5, 5.41) is 16.7. The topological polar surface area (TPSA) is 107 Å². The quantitative estimate of drug-likeness (QED) is 0.344. The Balaban J connectivity index is 1.71. The molecule has 10 heteroatoms. The molecule has 2 aromatic carbocycles. The van der Waals surface area contributed by atoms with Crippen LogP contribution in [0.4, 0.5) is 11.4 Å².